The molecule has 0 radical (unpaired) electrons. The number of carbonyl (C=O) groups excluding carboxylic acids is 2. The van der Waals surface area contributed by atoms with E-state index < -0.39 is 12.0 Å². The minimum absolute atomic E-state index is 0.248. The topological polar surface area (TPSA) is 116 Å². The summed E-state index contributed by atoms with van der Waals surface area (Å²) in [4.78, 5) is 24.0. The molecule has 0 spiro atoms. The second-order valence-corrected chi connectivity index (χ2v) is 6.75. The number of thioether (sulfide) groups is 1. The predicted molar refractivity (Wildman–Crippen MR) is 102 cm³/mol. The van der Waals surface area contributed by atoms with E-state index in [0.717, 1.165) is 11.3 Å². The number of nitrogens with one attached hydrogen (secondary N) is 2. The van der Waals surface area contributed by atoms with Crippen molar-refractivity contribution in [2.24, 2.45) is 0 Å². The van der Waals surface area contributed by atoms with Crippen LogP contribution in [0.15, 0.2) is 45.2 Å². The van der Waals surface area contributed by atoms with E-state index in [1.807, 2.05) is 12.1 Å². The first kappa shape index (κ1) is 19.7. The lowest BCUT2D eigenvalue weighted by atomic mass is 10.1. The molecule has 1 aliphatic heterocycles. The van der Waals surface area contributed by atoms with Crippen molar-refractivity contribution in [3.63, 3.8) is 0 Å². The van der Waals surface area contributed by atoms with Gasteiger partial charge < -0.3 is 24.5 Å². The number of aromatic nitrogens is 2. The van der Waals surface area contributed by atoms with Gasteiger partial charge in [0.05, 0.1) is 25.3 Å². The van der Waals surface area contributed by atoms with Crippen LogP contribution in [0.2, 0.25) is 0 Å². The highest BCUT2D eigenvalue weighted by Gasteiger charge is 2.29. The summed E-state index contributed by atoms with van der Waals surface area (Å²) in [5.41, 5.74) is 1.60. The number of carbonyl (C=O) groups is 2. The third-order valence-electron chi connectivity index (χ3n) is 3.95. The second kappa shape index (κ2) is 8.79. The number of esters is 1. The third kappa shape index (κ3) is 4.45. The van der Waals surface area contributed by atoms with Gasteiger partial charge in [0, 0.05) is 17.0 Å². The molecule has 2 N–H and O–H groups in total. The van der Waals surface area contributed by atoms with Gasteiger partial charge in [-0.1, -0.05) is 11.8 Å². The Bertz CT molecular complexity index is 894. The molecule has 2 amide bonds. The first-order valence-corrected chi connectivity index (χ1v) is 9.58. The molecule has 1 atom stereocenters. The summed E-state index contributed by atoms with van der Waals surface area (Å²) in [5.74, 6) is 0.901. The molecule has 0 unspecified atom stereocenters. The van der Waals surface area contributed by atoms with Crippen LogP contribution < -0.4 is 15.4 Å². The smallest absolute Gasteiger partial charge is 0.337 e. The van der Waals surface area contributed by atoms with Crippen LogP contribution >= 0.6 is 11.8 Å². The quantitative estimate of drug-likeness (QED) is 0.534. The van der Waals surface area contributed by atoms with E-state index in [1.165, 1.54) is 11.8 Å². The Hall–Kier alpha value is -3.01. The summed E-state index contributed by atoms with van der Waals surface area (Å²) in [5, 5.41) is 13.7. The molecule has 3 rings (SSSR count). The number of rotatable bonds is 7. The zero-order valence-electron chi connectivity index (χ0n) is 15.6. The van der Waals surface area contributed by atoms with Gasteiger partial charge in [0.25, 0.3) is 5.22 Å². The number of hydrogen-bond acceptors (Lipinski definition) is 8. The number of urea groups is 1. The zero-order valence-corrected chi connectivity index (χ0v) is 16.5. The Morgan fingerprint density at radius 1 is 1.29 bits per heavy atom. The molecule has 0 aliphatic carbocycles. The van der Waals surface area contributed by atoms with E-state index in [4.69, 9.17) is 13.9 Å². The molecule has 2 aromatic rings. The average molecular weight is 404 g/mol. The van der Waals surface area contributed by atoms with E-state index in [0.29, 0.717) is 22.4 Å². The SMILES string of the molecule is CCOC(=O)C1=C(CSc2nnc(-c3ccc(OC)cc3)o2)NC(=O)N[C@@H]1C. The van der Waals surface area contributed by atoms with Gasteiger partial charge in [-0.2, -0.15) is 0 Å². The van der Waals surface area contributed by atoms with Crippen molar-refractivity contribution in [3.8, 4) is 17.2 Å². The monoisotopic (exact) mass is 404 g/mol. The predicted octanol–water partition coefficient (Wildman–Crippen LogP) is 2.36. The lowest BCUT2D eigenvalue weighted by Crippen LogP contribution is -2.49. The number of ether oxygens (including phenoxy) is 2. The Balaban J connectivity index is 1.74. The van der Waals surface area contributed by atoms with Gasteiger partial charge in [0.2, 0.25) is 5.89 Å². The highest BCUT2D eigenvalue weighted by Crippen LogP contribution is 2.27. The van der Waals surface area contributed by atoms with E-state index in [9.17, 15) is 9.59 Å². The van der Waals surface area contributed by atoms with Gasteiger partial charge in [-0.3, -0.25) is 0 Å². The molecule has 1 aromatic heterocycles. The summed E-state index contributed by atoms with van der Waals surface area (Å²) in [7, 11) is 1.59. The van der Waals surface area contributed by atoms with Crippen LogP contribution in [0.3, 0.4) is 0 Å². The molecule has 10 heteroatoms. The van der Waals surface area contributed by atoms with Gasteiger partial charge in [0.15, 0.2) is 0 Å². The van der Waals surface area contributed by atoms with Gasteiger partial charge in [0.1, 0.15) is 5.75 Å². The first-order chi connectivity index (χ1) is 13.5. The fourth-order valence-corrected chi connectivity index (χ4v) is 3.38. The van der Waals surface area contributed by atoms with Crippen LogP contribution in [0.25, 0.3) is 11.5 Å². The van der Waals surface area contributed by atoms with Crippen molar-refractivity contribution in [1.82, 2.24) is 20.8 Å². The van der Waals surface area contributed by atoms with Crippen LogP contribution in [0.4, 0.5) is 4.79 Å². The fourth-order valence-electron chi connectivity index (χ4n) is 2.65. The molecule has 1 aromatic carbocycles. The van der Waals surface area contributed by atoms with E-state index in [-0.39, 0.29) is 18.4 Å². The van der Waals surface area contributed by atoms with E-state index in [2.05, 4.69) is 20.8 Å². The van der Waals surface area contributed by atoms with Crippen LogP contribution in [0.1, 0.15) is 13.8 Å². The number of methoxy groups -OCH3 is 1. The molecular formula is C18H20N4O5S. The highest BCUT2D eigenvalue weighted by atomic mass is 32.2. The van der Waals surface area contributed by atoms with Crippen molar-refractivity contribution < 1.29 is 23.5 Å². The first-order valence-electron chi connectivity index (χ1n) is 8.60. The minimum atomic E-state index is -0.470. The van der Waals surface area contributed by atoms with Crippen molar-refractivity contribution in [2.75, 3.05) is 19.5 Å². The molecule has 148 valence electrons. The molecular weight excluding hydrogens is 384 g/mol. The largest absolute Gasteiger partial charge is 0.497 e. The molecule has 28 heavy (non-hydrogen) atoms. The van der Waals surface area contributed by atoms with Crippen molar-refractivity contribution >= 4 is 23.8 Å². The van der Waals surface area contributed by atoms with E-state index in [1.54, 1.807) is 33.1 Å². The minimum Gasteiger partial charge on any atom is -0.497 e. The second-order valence-electron chi connectivity index (χ2n) is 5.82. The standard InChI is InChI=1S/C18H20N4O5S/c1-4-26-16(23)14-10(2)19-17(24)20-13(14)9-28-18-22-21-15(27-18)11-5-7-12(25-3)8-6-11/h5-8,10H,4,9H2,1-3H3,(H2,19,20,24)/t10-/m1/s1. The molecule has 0 fully saturated rings. The maximum atomic E-state index is 12.2. The Labute approximate surface area is 165 Å². The molecule has 0 saturated heterocycles. The Kier molecular flexibility index (Phi) is 6.19. The number of benzene rings is 1. The highest BCUT2D eigenvalue weighted by molar-refractivity contribution is 7.99. The maximum Gasteiger partial charge on any atom is 0.337 e. The molecule has 0 saturated carbocycles. The van der Waals surface area contributed by atoms with Gasteiger partial charge in [-0.15, -0.1) is 10.2 Å². The molecule has 9 nitrogen and oxygen atoms in total. The van der Waals surface area contributed by atoms with E-state index >= 15 is 0 Å². The summed E-state index contributed by atoms with van der Waals surface area (Å²) in [6, 6.07) is 6.40. The van der Waals surface area contributed by atoms with Crippen LogP contribution in [0, 0.1) is 0 Å². The summed E-state index contributed by atoms with van der Waals surface area (Å²) in [6.45, 7) is 3.70. The average Bonchev–Trinajstić information content (AvgIpc) is 3.15. The zero-order chi connectivity index (χ0) is 20.1. The summed E-state index contributed by atoms with van der Waals surface area (Å²) < 4.78 is 15.9. The van der Waals surface area contributed by atoms with Gasteiger partial charge in [-0.25, -0.2) is 9.59 Å². The normalized spacial score (nSPS) is 16.4. The number of nitrogens with zero attached hydrogens (tertiary/aromatic N) is 2. The lowest BCUT2D eigenvalue weighted by molar-refractivity contribution is -0.138. The molecule has 1 aliphatic rings. The third-order valence-corrected chi connectivity index (χ3v) is 4.79. The van der Waals surface area contributed by atoms with Crippen molar-refractivity contribution in [1.29, 1.82) is 0 Å². The van der Waals surface area contributed by atoms with Crippen LogP contribution in [-0.2, 0) is 9.53 Å². The molecule has 0 bridgehead atoms. The number of hydrogen-bond donors (Lipinski definition) is 2. The number of amides is 2. The molecule has 2 heterocycles. The van der Waals surface area contributed by atoms with Crippen molar-refractivity contribution in [3.05, 3.63) is 35.5 Å². The Morgan fingerprint density at radius 2 is 2.04 bits per heavy atom. The maximum absolute atomic E-state index is 12.2. The lowest BCUT2D eigenvalue weighted by Gasteiger charge is -2.26. The summed E-state index contributed by atoms with van der Waals surface area (Å²) in [6.07, 6.45) is 0. The van der Waals surface area contributed by atoms with Crippen LogP contribution in [0.5, 0.6) is 5.75 Å². The van der Waals surface area contributed by atoms with Crippen molar-refractivity contribution in [2.45, 2.75) is 25.1 Å². The van der Waals surface area contributed by atoms with Gasteiger partial charge in [-0.05, 0) is 38.1 Å². The fraction of sp³-hybridized carbons (Fsp3) is 0.333. The summed E-state index contributed by atoms with van der Waals surface area (Å²) >= 11 is 1.22. The van der Waals surface area contributed by atoms with Crippen LogP contribution in [-0.4, -0.2) is 47.7 Å². The Morgan fingerprint density at radius 3 is 2.71 bits per heavy atom. The van der Waals surface area contributed by atoms with Gasteiger partial charge >= 0.3 is 12.0 Å².